The maximum atomic E-state index is 11.5. The molecule has 0 saturated carbocycles. The van der Waals surface area contributed by atoms with Crippen LogP contribution in [0.1, 0.15) is 40.0 Å². The van der Waals surface area contributed by atoms with E-state index in [0.717, 1.165) is 31.1 Å². The van der Waals surface area contributed by atoms with Gasteiger partial charge in [0.15, 0.2) is 0 Å². The van der Waals surface area contributed by atoms with Gasteiger partial charge in [0.2, 0.25) is 0 Å². The van der Waals surface area contributed by atoms with Crippen LogP contribution < -0.4 is 0 Å². The van der Waals surface area contributed by atoms with E-state index in [0.29, 0.717) is 18.6 Å². The largest absolute Gasteiger partial charge is 0.303 e. The van der Waals surface area contributed by atoms with Crippen LogP contribution in [0.5, 0.6) is 0 Å². The Labute approximate surface area is 98.3 Å². The minimum absolute atomic E-state index is 0.330. The van der Waals surface area contributed by atoms with Gasteiger partial charge in [0, 0.05) is 24.4 Å². The van der Waals surface area contributed by atoms with Gasteiger partial charge in [0.05, 0.1) is 0 Å². The summed E-state index contributed by atoms with van der Waals surface area (Å²) in [5.41, 5.74) is 0. The molecule has 0 bridgehead atoms. The zero-order valence-electron chi connectivity index (χ0n) is 10.1. The smallest absolute Gasteiger partial charge is 0.134 e. The third-order valence-corrected chi connectivity index (χ3v) is 2.60. The zero-order valence-corrected chi connectivity index (χ0v) is 10.8. The minimum atomic E-state index is 0.330. The lowest BCUT2D eigenvalue weighted by Crippen LogP contribution is -2.25. The van der Waals surface area contributed by atoms with Gasteiger partial charge >= 0.3 is 0 Å². The molecule has 0 fully saturated rings. The molecule has 0 aromatic carbocycles. The van der Waals surface area contributed by atoms with E-state index in [1.54, 1.807) is 0 Å². The second kappa shape index (κ2) is 8.93. The summed E-state index contributed by atoms with van der Waals surface area (Å²) >= 11 is 5.68. The highest BCUT2D eigenvalue weighted by atomic mass is 35.5. The highest BCUT2D eigenvalue weighted by molar-refractivity contribution is 6.29. The van der Waals surface area contributed by atoms with Gasteiger partial charge in [-0.05, 0) is 26.4 Å². The molecule has 0 amide bonds. The number of hydrogen-bond acceptors (Lipinski definition) is 2. The standard InChI is InChI=1S/C12H22ClNO/c1-4-14(5-2)10-9-12(15)8-6-7-11(3)13/h7H,4-6,8-10H2,1-3H3. The minimum Gasteiger partial charge on any atom is -0.303 e. The number of ketones is 1. The Morgan fingerprint density at radius 2 is 1.87 bits per heavy atom. The quantitative estimate of drug-likeness (QED) is 0.640. The summed E-state index contributed by atoms with van der Waals surface area (Å²) in [4.78, 5) is 13.7. The average Bonchev–Trinajstić information content (AvgIpc) is 2.18. The third-order valence-electron chi connectivity index (χ3n) is 2.45. The maximum absolute atomic E-state index is 11.5. The molecule has 15 heavy (non-hydrogen) atoms. The lowest BCUT2D eigenvalue weighted by molar-refractivity contribution is -0.119. The topological polar surface area (TPSA) is 20.3 Å². The van der Waals surface area contributed by atoms with Crippen LogP contribution in [0, 0.1) is 0 Å². The Balaban J connectivity index is 3.61. The van der Waals surface area contributed by atoms with E-state index in [2.05, 4.69) is 18.7 Å². The van der Waals surface area contributed by atoms with E-state index in [-0.39, 0.29) is 0 Å². The second-order valence-corrected chi connectivity index (χ2v) is 4.24. The molecule has 88 valence electrons. The second-order valence-electron chi connectivity index (χ2n) is 3.65. The average molecular weight is 232 g/mol. The molecule has 0 unspecified atom stereocenters. The summed E-state index contributed by atoms with van der Waals surface area (Å²) in [5.74, 6) is 0.330. The van der Waals surface area contributed by atoms with Crippen molar-refractivity contribution in [2.75, 3.05) is 19.6 Å². The number of nitrogens with zero attached hydrogens (tertiary/aromatic N) is 1. The highest BCUT2D eigenvalue weighted by Crippen LogP contribution is 2.04. The van der Waals surface area contributed by atoms with Gasteiger partial charge in [-0.2, -0.15) is 0 Å². The molecule has 0 heterocycles. The van der Waals surface area contributed by atoms with Crippen molar-refractivity contribution >= 4 is 17.4 Å². The molecule has 0 rings (SSSR count). The highest BCUT2D eigenvalue weighted by Gasteiger charge is 2.04. The van der Waals surface area contributed by atoms with E-state index < -0.39 is 0 Å². The third kappa shape index (κ3) is 8.64. The Kier molecular flexibility index (Phi) is 8.73. The predicted octanol–water partition coefficient (Wildman–Crippen LogP) is 3.21. The van der Waals surface area contributed by atoms with Gasteiger partial charge in [-0.3, -0.25) is 4.79 Å². The molecular weight excluding hydrogens is 210 g/mol. The van der Waals surface area contributed by atoms with Crippen molar-refractivity contribution in [1.29, 1.82) is 0 Å². The lowest BCUT2D eigenvalue weighted by atomic mass is 10.1. The van der Waals surface area contributed by atoms with Crippen LogP contribution in [0.15, 0.2) is 11.1 Å². The normalized spacial score (nSPS) is 12.2. The van der Waals surface area contributed by atoms with Crippen molar-refractivity contribution in [1.82, 2.24) is 4.90 Å². The van der Waals surface area contributed by atoms with Crippen LogP contribution in [-0.2, 0) is 4.79 Å². The van der Waals surface area contributed by atoms with Gasteiger partial charge in [0.25, 0.3) is 0 Å². The van der Waals surface area contributed by atoms with Gasteiger partial charge < -0.3 is 4.90 Å². The summed E-state index contributed by atoms with van der Waals surface area (Å²) in [5, 5.41) is 0.770. The Hall–Kier alpha value is -0.340. The van der Waals surface area contributed by atoms with Crippen molar-refractivity contribution in [3.63, 3.8) is 0 Å². The summed E-state index contributed by atoms with van der Waals surface area (Å²) < 4.78 is 0. The van der Waals surface area contributed by atoms with E-state index >= 15 is 0 Å². The number of carbonyl (C=O) groups is 1. The lowest BCUT2D eigenvalue weighted by Gasteiger charge is -2.16. The first-order chi connectivity index (χ1) is 7.10. The summed E-state index contributed by atoms with van der Waals surface area (Å²) in [6.45, 7) is 8.99. The Bertz CT molecular complexity index is 206. The first-order valence-electron chi connectivity index (χ1n) is 5.66. The fourth-order valence-corrected chi connectivity index (χ4v) is 1.49. The molecular formula is C12H22ClNO. The first-order valence-corrected chi connectivity index (χ1v) is 6.04. The number of halogens is 1. The van der Waals surface area contributed by atoms with Crippen LogP contribution in [0.3, 0.4) is 0 Å². The molecule has 0 aromatic heterocycles. The summed E-state index contributed by atoms with van der Waals surface area (Å²) in [6.07, 6.45) is 3.95. The van der Waals surface area contributed by atoms with Crippen molar-refractivity contribution in [2.24, 2.45) is 0 Å². The Morgan fingerprint density at radius 3 is 2.33 bits per heavy atom. The van der Waals surface area contributed by atoms with Crippen molar-refractivity contribution in [3.8, 4) is 0 Å². The molecule has 0 radical (unpaired) electrons. The number of Topliss-reactive ketones (excluding diaryl/α,β-unsaturated/α-hetero) is 1. The summed E-state index contributed by atoms with van der Waals surface area (Å²) in [7, 11) is 0. The van der Waals surface area contributed by atoms with E-state index in [4.69, 9.17) is 11.6 Å². The molecule has 3 heteroatoms. The Morgan fingerprint density at radius 1 is 1.27 bits per heavy atom. The van der Waals surface area contributed by atoms with Gasteiger partial charge in [-0.15, -0.1) is 0 Å². The van der Waals surface area contributed by atoms with Crippen molar-refractivity contribution in [3.05, 3.63) is 11.1 Å². The van der Waals surface area contributed by atoms with Gasteiger partial charge in [0.1, 0.15) is 5.78 Å². The maximum Gasteiger partial charge on any atom is 0.134 e. The summed E-state index contributed by atoms with van der Waals surface area (Å²) in [6, 6.07) is 0. The van der Waals surface area contributed by atoms with Gasteiger partial charge in [-0.1, -0.05) is 31.5 Å². The molecule has 0 aliphatic heterocycles. The molecule has 0 saturated heterocycles. The number of allylic oxidation sites excluding steroid dienone is 2. The van der Waals surface area contributed by atoms with Crippen LogP contribution >= 0.6 is 11.6 Å². The molecule has 0 spiro atoms. The van der Waals surface area contributed by atoms with Crippen LogP contribution in [-0.4, -0.2) is 30.3 Å². The van der Waals surface area contributed by atoms with E-state index in [1.807, 2.05) is 13.0 Å². The first kappa shape index (κ1) is 14.7. The fraction of sp³-hybridized carbons (Fsp3) is 0.750. The van der Waals surface area contributed by atoms with Crippen LogP contribution in [0.2, 0.25) is 0 Å². The van der Waals surface area contributed by atoms with E-state index in [1.165, 1.54) is 0 Å². The fourth-order valence-electron chi connectivity index (χ4n) is 1.38. The molecule has 0 N–H and O–H groups in total. The zero-order chi connectivity index (χ0) is 11.7. The van der Waals surface area contributed by atoms with Crippen LogP contribution in [0.4, 0.5) is 0 Å². The van der Waals surface area contributed by atoms with Gasteiger partial charge in [-0.25, -0.2) is 0 Å². The SMILES string of the molecule is CCN(CC)CCC(=O)CCC=C(C)Cl. The van der Waals surface area contributed by atoms with Crippen molar-refractivity contribution < 1.29 is 4.79 Å². The number of rotatable bonds is 8. The molecule has 0 aliphatic rings. The number of carbonyl (C=O) groups excluding carboxylic acids is 1. The van der Waals surface area contributed by atoms with Crippen LogP contribution in [0.25, 0.3) is 0 Å². The molecule has 0 atom stereocenters. The molecule has 0 aliphatic carbocycles. The predicted molar refractivity (Wildman–Crippen MR) is 66.3 cm³/mol. The molecule has 0 aromatic rings. The number of hydrogen-bond donors (Lipinski definition) is 0. The van der Waals surface area contributed by atoms with Crippen molar-refractivity contribution in [2.45, 2.75) is 40.0 Å². The molecule has 2 nitrogen and oxygen atoms in total. The van der Waals surface area contributed by atoms with E-state index in [9.17, 15) is 4.79 Å². The monoisotopic (exact) mass is 231 g/mol.